The fourth-order valence-electron chi connectivity index (χ4n) is 0. The van der Waals surface area contributed by atoms with E-state index in [0.717, 1.165) is 0 Å². The SMILES string of the molecule is [Cl][Ru]([Cl])[Cl].[N].[N].[N].[N].[N].[N]. The molecule has 18 radical (unpaired) electrons. The van der Waals surface area contributed by atoms with Gasteiger partial charge in [0.2, 0.25) is 0 Å². The molecule has 0 aromatic carbocycles. The normalized spacial score (nSPS) is 4.50. The molecule has 0 bridgehead atoms. The van der Waals surface area contributed by atoms with Gasteiger partial charge in [-0.1, -0.05) is 0 Å². The maximum atomic E-state index is 4.95. The van der Waals surface area contributed by atoms with Crippen molar-refractivity contribution in [3.63, 3.8) is 0 Å². The van der Waals surface area contributed by atoms with Crippen molar-refractivity contribution in [2.75, 3.05) is 0 Å². The van der Waals surface area contributed by atoms with Crippen LogP contribution in [0.15, 0.2) is 0 Å². The molecule has 0 N–H and O–H groups in total. The van der Waals surface area contributed by atoms with E-state index in [1.807, 2.05) is 0 Å². The van der Waals surface area contributed by atoms with Crippen molar-refractivity contribution < 1.29 is 13.0 Å². The molecule has 0 saturated heterocycles. The second-order valence-corrected chi connectivity index (χ2v) is 8.07. The Hall–Kier alpha value is 1.25. The summed E-state index contributed by atoms with van der Waals surface area (Å²) in [6.45, 7) is 0. The molecule has 0 aliphatic rings. The summed E-state index contributed by atoms with van der Waals surface area (Å²) in [5.74, 6) is 0. The molecule has 0 heterocycles. The Kier molecular flexibility index (Phi) is 317. The molecule has 0 aromatic rings. The van der Waals surface area contributed by atoms with E-state index in [9.17, 15) is 0 Å². The van der Waals surface area contributed by atoms with Crippen molar-refractivity contribution in [3.05, 3.63) is 0 Å². The molecule has 0 atom stereocenters. The Bertz CT molecular complexity index is 17.7. The summed E-state index contributed by atoms with van der Waals surface area (Å²) < 4.78 is 0. The van der Waals surface area contributed by atoms with Crippen LogP contribution in [0.1, 0.15) is 0 Å². The molecule has 0 fully saturated rings. The molecule has 6 nitrogen and oxygen atoms in total. The minimum Gasteiger partial charge on any atom is 0 e. The number of rotatable bonds is 0. The Labute approximate surface area is 78.9 Å². The molecule has 0 saturated carbocycles. The second-order valence-electron chi connectivity index (χ2n) is 0.152. The average Bonchev–Trinajstić information content (AvgIpc) is 0.811. The van der Waals surface area contributed by atoms with E-state index in [-0.39, 0.29) is 36.9 Å². The molecule has 10 heavy (non-hydrogen) atoms. The van der Waals surface area contributed by atoms with Gasteiger partial charge < -0.3 is 0 Å². The summed E-state index contributed by atoms with van der Waals surface area (Å²) in [5, 5.41) is 0. The Morgan fingerprint density at radius 2 is 0.500 bits per heavy atom. The summed E-state index contributed by atoms with van der Waals surface area (Å²) in [6, 6.07) is 0. The van der Waals surface area contributed by atoms with Crippen LogP contribution in [0, 0.1) is 0 Å². The molecule has 0 amide bonds. The van der Waals surface area contributed by atoms with Crippen LogP contribution in [0.3, 0.4) is 0 Å². The summed E-state index contributed by atoms with van der Waals surface area (Å²) in [6.07, 6.45) is 0. The molecular formula is Cl3N6Ru. The third kappa shape index (κ3) is 401. The van der Waals surface area contributed by atoms with Gasteiger partial charge in [0.05, 0.1) is 0 Å². The van der Waals surface area contributed by atoms with Crippen LogP contribution in [-0.4, -0.2) is 0 Å². The van der Waals surface area contributed by atoms with E-state index < -0.39 is 13.0 Å². The van der Waals surface area contributed by atoms with Gasteiger partial charge in [-0.2, -0.15) is 0 Å². The fraction of sp³-hybridized carbons (Fsp3) is 0. The van der Waals surface area contributed by atoms with Crippen LogP contribution in [0.4, 0.5) is 0 Å². The van der Waals surface area contributed by atoms with Gasteiger partial charge in [-0.15, -0.1) is 0 Å². The van der Waals surface area contributed by atoms with Gasteiger partial charge >= 0.3 is 42.1 Å². The van der Waals surface area contributed by atoms with Crippen molar-refractivity contribution >= 4 is 29.1 Å². The monoisotopic (exact) mass is 291 g/mol. The van der Waals surface area contributed by atoms with E-state index in [1.165, 1.54) is 0 Å². The number of hydrogen-bond donors (Lipinski definition) is 0. The van der Waals surface area contributed by atoms with Crippen LogP contribution in [-0.2, 0) is 13.0 Å². The van der Waals surface area contributed by atoms with Crippen LogP contribution in [0.25, 0.3) is 0 Å². The molecule has 0 aromatic heterocycles. The van der Waals surface area contributed by atoms with Crippen LogP contribution < -0.4 is 36.9 Å². The van der Waals surface area contributed by atoms with Crippen LogP contribution >= 0.6 is 29.1 Å². The Balaban J connectivity index is -0.00000000300. The topological polar surface area (TPSA) is 183 Å². The quantitative estimate of drug-likeness (QED) is 0.505. The first kappa shape index (κ1) is 65.4. The molecule has 0 aliphatic carbocycles. The zero-order chi connectivity index (χ0) is 3.58. The Morgan fingerprint density at radius 1 is 0.500 bits per heavy atom. The van der Waals surface area contributed by atoms with Gasteiger partial charge in [-0.25, -0.2) is 0 Å². The largest absolute Gasteiger partial charge is 0 e. The molecular weight excluding hydrogens is 291 g/mol. The predicted octanol–water partition coefficient (Wildman–Crippen LogP) is -0.818. The predicted molar refractivity (Wildman–Crippen MR) is 30.4 cm³/mol. The van der Waals surface area contributed by atoms with Crippen LogP contribution in [0.5, 0.6) is 0 Å². The molecule has 0 rings (SSSR count). The van der Waals surface area contributed by atoms with Crippen molar-refractivity contribution in [1.82, 2.24) is 36.9 Å². The van der Waals surface area contributed by atoms with Crippen LogP contribution in [0.2, 0.25) is 0 Å². The number of hydrogen-bond acceptors (Lipinski definition) is 0. The van der Waals surface area contributed by atoms with Crippen molar-refractivity contribution in [2.24, 2.45) is 0 Å². The average molecular weight is 291 g/mol. The minimum atomic E-state index is -1.75. The molecule has 59 valence electrons. The first-order valence-corrected chi connectivity index (χ1v) is 7.12. The molecule has 0 unspecified atom stereocenters. The van der Waals surface area contributed by atoms with E-state index in [4.69, 9.17) is 29.1 Å². The van der Waals surface area contributed by atoms with Crippen molar-refractivity contribution in [3.8, 4) is 0 Å². The fourth-order valence-corrected chi connectivity index (χ4v) is 0. The third-order valence-corrected chi connectivity index (χ3v) is 0. The summed E-state index contributed by atoms with van der Waals surface area (Å²) in [4.78, 5) is 0. The summed E-state index contributed by atoms with van der Waals surface area (Å²) in [7, 11) is 14.8. The smallest absolute Gasteiger partial charge is 0 e. The Morgan fingerprint density at radius 3 is 0.500 bits per heavy atom. The molecule has 0 aliphatic heterocycles. The van der Waals surface area contributed by atoms with E-state index >= 15 is 0 Å². The standard InChI is InChI=1S/3ClH.6N.Ru/h3*1H;;;;;;;/q;;;;;;;;;+3/p-3. The summed E-state index contributed by atoms with van der Waals surface area (Å²) >= 11 is -1.75. The van der Waals surface area contributed by atoms with Crippen molar-refractivity contribution in [1.29, 1.82) is 0 Å². The maximum absolute atomic E-state index is 4.95. The first-order valence-electron chi connectivity index (χ1n) is 0.401. The third-order valence-electron chi connectivity index (χ3n) is 0. The van der Waals surface area contributed by atoms with Gasteiger partial charge in [0.15, 0.2) is 0 Å². The van der Waals surface area contributed by atoms with E-state index in [2.05, 4.69) is 0 Å². The number of halogens is 3. The van der Waals surface area contributed by atoms with Gasteiger partial charge in [0, 0.05) is 36.9 Å². The zero-order valence-electron chi connectivity index (χ0n) is 4.17. The first-order chi connectivity index (χ1) is 1.73. The van der Waals surface area contributed by atoms with Gasteiger partial charge in [-0.3, -0.25) is 0 Å². The second kappa shape index (κ2) is 48.5. The number of nitrogens with zero attached hydrogens (tertiary/aromatic N) is 6. The molecule has 0 spiro atoms. The maximum Gasteiger partial charge on any atom is 0 e. The zero-order valence-corrected chi connectivity index (χ0v) is 8.18. The van der Waals surface area contributed by atoms with E-state index in [1.54, 1.807) is 0 Å². The van der Waals surface area contributed by atoms with Gasteiger partial charge in [0.1, 0.15) is 0 Å². The van der Waals surface area contributed by atoms with Gasteiger partial charge in [0.25, 0.3) is 0 Å². The summed E-state index contributed by atoms with van der Waals surface area (Å²) in [5.41, 5.74) is 0. The van der Waals surface area contributed by atoms with Gasteiger partial charge in [-0.05, 0) is 0 Å². The van der Waals surface area contributed by atoms with E-state index in [0.29, 0.717) is 0 Å². The minimum absolute atomic E-state index is 0. The molecule has 10 heteroatoms. The van der Waals surface area contributed by atoms with Crippen molar-refractivity contribution in [2.45, 2.75) is 0 Å².